The maximum absolute atomic E-state index is 11.5. The van der Waals surface area contributed by atoms with Gasteiger partial charge in [-0.1, -0.05) is 6.92 Å². The van der Waals surface area contributed by atoms with Crippen molar-refractivity contribution in [2.75, 3.05) is 27.3 Å². The summed E-state index contributed by atoms with van der Waals surface area (Å²) < 4.78 is 10.3. The molecule has 5 atom stereocenters. The van der Waals surface area contributed by atoms with Gasteiger partial charge in [-0.3, -0.25) is 14.7 Å². The summed E-state index contributed by atoms with van der Waals surface area (Å²) in [5.74, 6) is 2.82. The number of carbonyl (C=O) groups excluding carboxylic acids is 1. The summed E-state index contributed by atoms with van der Waals surface area (Å²) in [5.41, 5.74) is 2.40. The Bertz CT molecular complexity index is 868. The highest BCUT2D eigenvalue weighted by atomic mass is 16.5. The monoisotopic (exact) mass is 396 g/mol. The smallest absolute Gasteiger partial charge is 0.305 e. The Labute approximate surface area is 173 Å². The maximum Gasteiger partial charge on any atom is 0.305 e. The van der Waals surface area contributed by atoms with Crippen molar-refractivity contribution in [2.24, 2.45) is 17.8 Å². The molecule has 0 spiro atoms. The minimum Gasteiger partial charge on any atom is -0.497 e. The van der Waals surface area contributed by atoms with Gasteiger partial charge in [0.15, 0.2) is 0 Å². The lowest BCUT2D eigenvalue weighted by atomic mass is 9.69. The van der Waals surface area contributed by atoms with Crippen LogP contribution in [0.3, 0.4) is 0 Å². The van der Waals surface area contributed by atoms with Gasteiger partial charge < -0.3 is 9.47 Å². The molecule has 1 aromatic carbocycles. The number of aromatic nitrogens is 1. The van der Waals surface area contributed by atoms with Crippen LogP contribution in [0.5, 0.6) is 5.75 Å². The van der Waals surface area contributed by atoms with Crippen molar-refractivity contribution in [1.29, 1.82) is 0 Å². The van der Waals surface area contributed by atoms with Crippen LogP contribution < -0.4 is 4.74 Å². The predicted octanol–water partition coefficient (Wildman–Crippen LogP) is 4.09. The first-order chi connectivity index (χ1) is 14.1. The van der Waals surface area contributed by atoms with Crippen molar-refractivity contribution >= 4 is 16.9 Å². The van der Waals surface area contributed by atoms with E-state index in [1.807, 2.05) is 18.3 Å². The van der Waals surface area contributed by atoms with Gasteiger partial charge in [0.2, 0.25) is 0 Å². The van der Waals surface area contributed by atoms with Crippen molar-refractivity contribution in [3.63, 3.8) is 0 Å². The first-order valence-electron chi connectivity index (χ1n) is 10.8. The summed E-state index contributed by atoms with van der Waals surface area (Å²) in [6.07, 6.45) is 7.00. The highest BCUT2D eigenvalue weighted by Crippen LogP contribution is 2.42. The molecule has 156 valence electrons. The number of fused-ring (bicyclic) bond motifs is 4. The Morgan fingerprint density at radius 3 is 2.90 bits per heavy atom. The first kappa shape index (κ1) is 20.1. The van der Waals surface area contributed by atoms with Gasteiger partial charge in [0.1, 0.15) is 5.75 Å². The minimum absolute atomic E-state index is 0.0870. The molecule has 3 aliphatic heterocycles. The summed E-state index contributed by atoms with van der Waals surface area (Å²) in [7, 11) is 3.19. The Balaban J connectivity index is 1.45. The zero-order chi connectivity index (χ0) is 20.4. The van der Waals surface area contributed by atoms with Crippen molar-refractivity contribution in [3.8, 4) is 5.75 Å². The molecule has 0 saturated carbocycles. The predicted molar refractivity (Wildman–Crippen MR) is 114 cm³/mol. The van der Waals surface area contributed by atoms with E-state index in [9.17, 15) is 4.79 Å². The van der Waals surface area contributed by atoms with Crippen LogP contribution in [-0.2, 0) is 16.0 Å². The highest BCUT2D eigenvalue weighted by Gasteiger charge is 2.41. The summed E-state index contributed by atoms with van der Waals surface area (Å²) in [4.78, 5) is 18.7. The third-order valence-corrected chi connectivity index (χ3v) is 7.19. The van der Waals surface area contributed by atoms with Gasteiger partial charge in [-0.05, 0) is 79.8 Å². The van der Waals surface area contributed by atoms with Crippen molar-refractivity contribution in [3.05, 3.63) is 36.0 Å². The van der Waals surface area contributed by atoms with Crippen LogP contribution in [0, 0.1) is 17.8 Å². The summed E-state index contributed by atoms with van der Waals surface area (Å²) in [6, 6.07) is 8.90. The molecule has 3 aliphatic rings. The van der Waals surface area contributed by atoms with Gasteiger partial charge in [-0.2, -0.15) is 0 Å². The van der Waals surface area contributed by atoms with Crippen molar-refractivity contribution < 1.29 is 14.3 Å². The number of nitrogens with zero attached hydrogens (tertiary/aromatic N) is 2. The van der Waals surface area contributed by atoms with Gasteiger partial charge in [-0.15, -0.1) is 0 Å². The summed E-state index contributed by atoms with van der Waals surface area (Å²) in [5, 5.41) is 1.21. The van der Waals surface area contributed by atoms with E-state index >= 15 is 0 Å². The van der Waals surface area contributed by atoms with Gasteiger partial charge in [0, 0.05) is 30.6 Å². The number of rotatable bonds is 7. The molecule has 4 heterocycles. The SMILES string of the molecule is COC(=O)CCC(C)C1CN2CCC1CC2Cc1ccnc2ccc(OC)cc12. The number of hydrogen-bond donors (Lipinski definition) is 0. The highest BCUT2D eigenvalue weighted by molar-refractivity contribution is 5.83. The molecule has 3 saturated heterocycles. The molecule has 0 radical (unpaired) electrons. The van der Waals surface area contributed by atoms with Gasteiger partial charge in [0.05, 0.1) is 19.7 Å². The van der Waals surface area contributed by atoms with Crippen LogP contribution in [0.1, 0.15) is 38.2 Å². The van der Waals surface area contributed by atoms with E-state index in [-0.39, 0.29) is 5.97 Å². The molecule has 2 aromatic rings. The van der Waals surface area contributed by atoms with Crippen LogP contribution in [0.25, 0.3) is 10.9 Å². The van der Waals surface area contributed by atoms with Crippen LogP contribution in [0.2, 0.25) is 0 Å². The van der Waals surface area contributed by atoms with Crippen molar-refractivity contribution in [1.82, 2.24) is 9.88 Å². The molecular weight excluding hydrogens is 364 g/mol. The normalized spacial score (nSPS) is 27.0. The lowest BCUT2D eigenvalue weighted by Gasteiger charge is -2.52. The molecule has 0 aliphatic carbocycles. The number of esters is 1. The van der Waals surface area contributed by atoms with Crippen LogP contribution >= 0.6 is 0 Å². The van der Waals surface area contributed by atoms with E-state index in [2.05, 4.69) is 28.9 Å². The largest absolute Gasteiger partial charge is 0.497 e. The molecule has 5 unspecified atom stereocenters. The second-order valence-electron chi connectivity index (χ2n) is 8.75. The van der Waals surface area contributed by atoms with Gasteiger partial charge in [-0.25, -0.2) is 0 Å². The van der Waals surface area contributed by atoms with Crippen LogP contribution in [0.4, 0.5) is 0 Å². The number of carbonyl (C=O) groups is 1. The Morgan fingerprint density at radius 2 is 2.17 bits per heavy atom. The van der Waals surface area contributed by atoms with Crippen molar-refractivity contribution in [2.45, 2.75) is 45.1 Å². The Morgan fingerprint density at radius 1 is 1.31 bits per heavy atom. The number of ether oxygens (including phenoxy) is 2. The van der Waals surface area contributed by atoms with Crippen LogP contribution in [-0.4, -0.2) is 49.2 Å². The average molecular weight is 397 g/mol. The minimum atomic E-state index is -0.0870. The fraction of sp³-hybridized carbons (Fsp3) is 0.583. The zero-order valence-corrected chi connectivity index (χ0v) is 17.8. The van der Waals surface area contributed by atoms with E-state index in [4.69, 9.17) is 9.47 Å². The van der Waals surface area contributed by atoms with Gasteiger partial charge >= 0.3 is 5.97 Å². The quantitative estimate of drug-likeness (QED) is 0.660. The molecule has 0 amide bonds. The van der Waals surface area contributed by atoms with E-state index in [1.165, 1.54) is 37.4 Å². The number of methoxy groups -OCH3 is 2. The van der Waals surface area contributed by atoms with E-state index in [1.54, 1.807) is 7.11 Å². The number of pyridine rings is 1. The molecular formula is C24H32N2O3. The molecule has 1 aromatic heterocycles. The standard InChI is InChI=1S/C24H32N2O3/c1-16(4-7-24(27)29-3)22-15-26-11-9-18(22)13-19(26)12-17-8-10-25-23-6-5-20(28-2)14-21(17)23/h5-6,8,10,14,16,18-19,22H,4,7,9,11-13,15H2,1-3H3. The lowest BCUT2D eigenvalue weighted by Crippen LogP contribution is -2.55. The Hall–Kier alpha value is -2.14. The second-order valence-corrected chi connectivity index (χ2v) is 8.75. The molecule has 29 heavy (non-hydrogen) atoms. The maximum atomic E-state index is 11.5. The molecule has 2 bridgehead atoms. The van der Waals surface area contributed by atoms with Crippen LogP contribution in [0.15, 0.2) is 30.5 Å². The number of hydrogen-bond acceptors (Lipinski definition) is 5. The fourth-order valence-corrected chi connectivity index (χ4v) is 5.44. The topological polar surface area (TPSA) is 51.7 Å². The number of benzene rings is 1. The molecule has 0 N–H and O–H groups in total. The van der Waals surface area contributed by atoms with Gasteiger partial charge in [0.25, 0.3) is 0 Å². The third-order valence-electron chi connectivity index (χ3n) is 7.19. The third kappa shape index (κ3) is 4.25. The average Bonchev–Trinajstić information content (AvgIpc) is 2.77. The fourth-order valence-electron chi connectivity index (χ4n) is 5.44. The second kappa shape index (κ2) is 8.70. The zero-order valence-electron chi connectivity index (χ0n) is 17.8. The Kier molecular flexibility index (Phi) is 6.04. The molecule has 3 fully saturated rings. The van der Waals surface area contributed by atoms with E-state index < -0.39 is 0 Å². The summed E-state index contributed by atoms with van der Waals surface area (Å²) in [6.45, 7) is 4.67. The van der Waals surface area contributed by atoms with E-state index in [0.717, 1.165) is 36.6 Å². The first-order valence-corrected chi connectivity index (χ1v) is 10.8. The van der Waals surface area contributed by atoms with E-state index in [0.29, 0.717) is 24.3 Å². The molecule has 5 nitrogen and oxygen atoms in total. The lowest BCUT2D eigenvalue weighted by molar-refractivity contribution is -0.141. The molecule has 5 heteroatoms. The number of piperidine rings is 3. The summed E-state index contributed by atoms with van der Waals surface area (Å²) >= 11 is 0. The molecule has 5 rings (SSSR count).